The molecule has 5 nitrogen and oxygen atoms in total. The van der Waals surface area contributed by atoms with Crippen molar-refractivity contribution in [2.45, 2.75) is 43.5 Å². The average molecular weight is 429 g/mol. The fourth-order valence-electron chi connectivity index (χ4n) is 2.49. The minimum atomic E-state index is -0.692. The Bertz CT molecular complexity index is 319. The van der Waals surface area contributed by atoms with Crippen LogP contribution in [0.3, 0.4) is 0 Å². The van der Waals surface area contributed by atoms with E-state index in [0.717, 1.165) is 19.0 Å². The molecule has 0 aromatic heterocycles. The number of nitrogens with one attached hydrogen (secondary N) is 2. The fourth-order valence-corrected chi connectivity index (χ4v) is 3.69. The number of aliphatic imine (C=N–C) groups is 1. The standard InChI is InChI=1S/C14H27N3O2S.HI/c1-2-15-13(16-10-12-4-3-9-20-12)17-11-14(18)5-7-19-8-6-14;/h12,18H,2-11H2,1H3,(H2,15,16,17);1H. The van der Waals surface area contributed by atoms with Crippen LogP contribution in [-0.4, -0.2) is 60.5 Å². The third-order valence-electron chi connectivity index (χ3n) is 3.82. The molecule has 2 fully saturated rings. The fraction of sp³-hybridized carbons (Fsp3) is 0.929. The SMILES string of the molecule is CCNC(=NCC1(O)CCOCC1)NCC1CCCS1.I. The largest absolute Gasteiger partial charge is 0.388 e. The van der Waals surface area contributed by atoms with Crippen molar-refractivity contribution in [1.29, 1.82) is 0 Å². The number of ether oxygens (including phenoxy) is 1. The summed E-state index contributed by atoms with van der Waals surface area (Å²) >= 11 is 2.04. The van der Waals surface area contributed by atoms with Crippen LogP contribution in [0.2, 0.25) is 0 Å². The molecule has 2 aliphatic heterocycles. The molecule has 2 rings (SSSR count). The number of nitrogens with zero attached hydrogens (tertiary/aromatic N) is 1. The lowest BCUT2D eigenvalue weighted by Gasteiger charge is -2.30. The quantitative estimate of drug-likeness (QED) is 0.352. The van der Waals surface area contributed by atoms with Crippen molar-refractivity contribution in [2.24, 2.45) is 4.99 Å². The zero-order valence-electron chi connectivity index (χ0n) is 12.8. The Morgan fingerprint density at radius 1 is 1.38 bits per heavy atom. The number of hydrogen-bond acceptors (Lipinski definition) is 4. The first-order valence-electron chi connectivity index (χ1n) is 7.66. The van der Waals surface area contributed by atoms with Crippen LogP contribution in [0, 0.1) is 0 Å². The lowest BCUT2D eigenvalue weighted by molar-refractivity contribution is -0.0565. The van der Waals surface area contributed by atoms with Gasteiger partial charge in [-0.15, -0.1) is 24.0 Å². The number of aliphatic hydroxyl groups is 1. The van der Waals surface area contributed by atoms with E-state index in [1.165, 1.54) is 18.6 Å². The summed E-state index contributed by atoms with van der Waals surface area (Å²) in [4.78, 5) is 4.55. The molecule has 0 radical (unpaired) electrons. The van der Waals surface area contributed by atoms with Crippen molar-refractivity contribution in [2.75, 3.05) is 38.6 Å². The summed E-state index contributed by atoms with van der Waals surface area (Å²) in [5.41, 5.74) is -0.692. The molecule has 1 atom stereocenters. The lowest BCUT2D eigenvalue weighted by Crippen LogP contribution is -2.43. The highest BCUT2D eigenvalue weighted by atomic mass is 127. The van der Waals surface area contributed by atoms with Crippen LogP contribution in [0.5, 0.6) is 0 Å². The zero-order valence-corrected chi connectivity index (χ0v) is 15.9. The third kappa shape index (κ3) is 6.92. The summed E-state index contributed by atoms with van der Waals surface area (Å²) in [5.74, 6) is 2.10. The Kier molecular flexibility index (Phi) is 9.31. The highest BCUT2D eigenvalue weighted by Crippen LogP contribution is 2.25. The number of thioether (sulfide) groups is 1. The van der Waals surface area contributed by atoms with E-state index in [2.05, 4.69) is 22.5 Å². The Balaban J connectivity index is 0.00000220. The zero-order chi connectivity index (χ0) is 14.3. The maximum Gasteiger partial charge on any atom is 0.191 e. The molecule has 2 heterocycles. The van der Waals surface area contributed by atoms with E-state index in [1.54, 1.807) is 0 Å². The maximum absolute atomic E-state index is 10.4. The van der Waals surface area contributed by atoms with Crippen LogP contribution in [0.1, 0.15) is 32.6 Å². The Morgan fingerprint density at radius 3 is 2.76 bits per heavy atom. The molecule has 0 aromatic rings. The summed E-state index contributed by atoms with van der Waals surface area (Å²) in [6, 6.07) is 0. The first-order valence-corrected chi connectivity index (χ1v) is 8.71. The summed E-state index contributed by atoms with van der Waals surface area (Å²) in [7, 11) is 0. The van der Waals surface area contributed by atoms with Crippen LogP contribution >= 0.6 is 35.7 Å². The molecule has 124 valence electrons. The molecule has 0 saturated carbocycles. The second-order valence-corrected chi connectivity index (χ2v) is 6.96. The van der Waals surface area contributed by atoms with Gasteiger partial charge >= 0.3 is 0 Å². The average Bonchev–Trinajstić information content (AvgIpc) is 2.96. The van der Waals surface area contributed by atoms with Gasteiger partial charge in [-0.1, -0.05) is 0 Å². The van der Waals surface area contributed by atoms with Gasteiger partial charge in [-0.05, 0) is 25.5 Å². The van der Waals surface area contributed by atoms with Crippen LogP contribution in [0.4, 0.5) is 0 Å². The van der Waals surface area contributed by atoms with Crippen molar-refractivity contribution in [3.8, 4) is 0 Å². The molecular weight excluding hydrogens is 401 g/mol. The van der Waals surface area contributed by atoms with E-state index in [9.17, 15) is 5.11 Å². The first-order chi connectivity index (χ1) is 9.72. The molecule has 2 saturated heterocycles. The van der Waals surface area contributed by atoms with E-state index in [1.807, 2.05) is 11.8 Å². The highest BCUT2D eigenvalue weighted by Gasteiger charge is 2.29. The van der Waals surface area contributed by atoms with E-state index >= 15 is 0 Å². The minimum absolute atomic E-state index is 0. The van der Waals surface area contributed by atoms with Gasteiger partial charge in [0.05, 0.1) is 12.1 Å². The predicted octanol–water partition coefficient (Wildman–Crippen LogP) is 1.60. The van der Waals surface area contributed by atoms with Gasteiger partial charge in [0.15, 0.2) is 5.96 Å². The molecule has 0 aliphatic carbocycles. The molecule has 0 amide bonds. The third-order valence-corrected chi connectivity index (χ3v) is 5.22. The topological polar surface area (TPSA) is 65.9 Å². The summed E-state index contributed by atoms with van der Waals surface area (Å²) < 4.78 is 5.29. The molecule has 3 N–H and O–H groups in total. The molecule has 0 aromatic carbocycles. The van der Waals surface area contributed by atoms with Crippen LogP contribution in [-0.2, 0) is 4.74 Å². The van der Waals surface area contributed by atoms with Gasteiger partial charge < -0.3 is 20.5 Å². The Labute approximate surface area is 149 Å². The Morgan fingerprint density at radius 2 is 2.14 bits per heavy atom. The van der Waals surface area contributed by atoms with Crippen molar-refractivity contribution < 1.29 is 9.84 Å². The van der Waals surface area contributed by atoms with E-state index < -0.39 is 5.60 Å². The Hall–Kier alpha value is 0.270. The van der Waals surface area contributed by atoms with Crippen molar-refractivity contribution in [1.82, 2.24) is 10.6 Å². The van der Waals surface area contributed by atoms with Gasteiger partial charge in [-0.2, -0.15) is 11.8 Å². The molecule has 0 spiro atoms. The van der Waals surface area contributed by atoms with Gasteiger partial charge in [0.1, 0.15) is 0 Å². The summed E-state index contributed by atoms with van der Waals surface area (Å²) in [6.45, 7) is 5.57. The predicted molar refractivity (Wildman–Crippen MR) is 99.9 cm³/mol. The summed E-state index contributed by atoms with van der Waals surface area (Å²) in [6.07, 6.45) is 3.96. The molecule has 21 heavy (non-hydrogen) atoms. The first kappa shape index (κ1) is 19.3. The van der Waals surface area contributed by atoms with Gasteiger partial charge in [0, 0.05) is 44.4 Å². The van der Waals surface area contributed by atoms with Gasteiger partial charge in [-0.25, -0.2) is 0 Å². The van der Waals surface area contributed by atoms with Crippen LogP contribution in [0.15, 0.2) is 4.99 Å². The normalized spacial score (nSPS) is 25.2. The van der Waals surface area contributed by atoms with Crippen molar-refractivity contribution in [3.63, 3.8) is 0 Å². The number of rotatable bonds is 5. The van der Waals surface area contributed by atoms with E-state index in [4.69, 9.17) is 4.74 Å². The molecule has 7 heteroatoms. The molecule has 2 aliphatic rings. The molecular formula is C14H28IN3O2S. The summed E-state index contributed by atoms with van der Waals surface area (Å²) in [5, 5.41) is 17.8. The smallest absolute Gasteiger partial charge is 0.191 e. The van der Waals surface area contributed by atoms with Gasteiger partial charge in [0.2, 0.25) is 0 Å². The van der Waals surface area contributed by atoms with Gasteiger partial charge in [-0.3, -0.25) is 4.99 Å². The minimum Gasteiger partial charge on any atom is -0.388 e. The molecule has 0 bridgehead atoms. The van der Waals surface area contributed by atoms with Crippen molar-refractivity contribution >= 4 is 41.7 Å². The second-order valence-electron chi connectivity index (χ2n) is 5.55. The van der Waals surface area contributed by atoms with Crippen molar-refractivity contribution in [3.05, 3.63) is 0 Å². The highest BCUT2D eigenvalue weighted by molar-refractivity contribution is 14.0. The monoisotopic (exact) mass is 429 g/mol. The van der Waals surface area contributed by atoms with E-state index in [0.29, 0.717) is 37.9 Å². The van der Waals surface area contributed by atoms with Gasteiger partial charge in [0.25, 0.3) is 0 Å². The number of hydrogen-bond donors (Lipinski definition) is 3. The lowest BCUT2D eigenvalue weighted by atomic mass is 9.95. The van der Waals surface area contributed by atoms with Crippen LogP contribution in [0.25, 0.3) is 0 Å². The van der Waals surface area contributed by atoms with Crippen LogP contribution < -0.4 is 10.6 Å². The maximum atomic E-state index is 10.4. The van der Waals surface area contributed by atoms with E-state index in [-0.39, 0.29) is 24.0 Å². The number of halogens is 1. The molecule has 1 unspecified atom stereocenters. The second kappa shape index (κ2) is 10.1. The number of guanidine groups is 1.